The summed E-state index contributed by atoms with van der Waals surface area (Å²) in [6.07, 6.45) is -0.275. The van der Waals surface area contributed by atoms with Crippen LogP contribution in [0.3, 0.4) is 0 Å². The molecule has 1 aliphatic rings. The lowest BCUT2D eigenvalue weighted by atomic mass is 10.1. The molecule has 3 rings (SSSR count). The Labute approximate surface area is 127 Å². The van der Waals surface area contributed by atoms with Crippen molar-refractivity contribution in [2.45, 2.75) is 32.6 Å². The number of hydrogen-bond donors (Lipinski definition) is 1. The van der Waals surface area contributed by atoms with Gasteiger partial charge in [0.15, 0.2) is 0 Å². The number of carbonyl (C=O) groups excluding carboxylic acids is 1. The predicted octanol–water partition coefficient (Wildman–Crippen LogP) is 3.21. The lowest BCUT2D eigenvalue weighted by Gasteiger charge is -2.24. The molecule has 1 aromatic heterocycles. The monoisotopic (exact) mass is 304 g/mol. The molecule has 2 heterocycles. The Balaban J connectivity index is 1.91. The molecule has 0 radical (unpaired) electrons. The highest BCUT2D eigenvalue weighted by Crippen LogP contribution is 2.29. The Hall–Kier alpha value is -1.72. The summed E-state index contributed by atoms with van der Waals surface area (Å²) >= 11 is 1.63. The van der Waals surface area contributed by atoms with Gasteiger partial charge in [-0.05, 0) is 53.4 Å². The highest BCUT2D eigenvalue weighted by Gasteiger charge is 2.37. The van der Waals surface area contributed by atoms with Crippen LogP contribution < -0.4 is 5.32 Å². The number of nitrogens with zero attached hydrogens (tertiary/aromatic N) is 1. The number of rotatable bonds is 3. The van der Waals surface area contributed by atoms with E-state index in [-0.39, 0.29) is 23.9 Å². The number of aryl methyl sites for hydroxylation is 1. The van der Waals surface area contributed by atoms with Gasteiger partial charge < -0.3 is 4.90 Å². The molecule has 2 aromatic rings. The topological polar surface area (TPSA) is 32.3 Å². The van der Waals surface area contributed by atoms with Crippen LogP contribution in [0.2, 0.25) is 0 Å². The van der Waals surface area contributed by atoms with Gasteiger partial charge in [-0.3, -0.25) is 10.1 Å². The van der Waals surface area contributed by atoms with E-state index in [1.54, 1.807) is 22.3 Å². The average molecular weight is 304 g/mol. The zero-order valence-corrected chi connectivity index (χ0v) is 12.8. The summed E-state index contributed by atoms with van der Waals surface area (Å²) in [4.78, 5) is 14.2. The lowest BCUT2D eigenvalue weighted by molar-refractivity contribution is -0.130. The van der Waals surface area contributed by atoms with E-state index >= 15 is 0 Å². The summed E-state index contributed by atoms with van der Waals surface area (Å²) in [5, 5.41) is 7.38. The third-order valence-electron chi connectivity index (χ3n) is 3.84. The van der Waals surface area contributed by atoms with Crippen molar-refractivity contribution < 1.29 is 9.18 Å². The quantitative estimate of drug-likeness (QED) is 0.944. The Bertz CT molecular complexity index is 670. The smallest absolute Gasteiger partial charge is 0.241 e. The van der Waals surface area contributed by atoms with Crippen LogP contribution >= 0.6 is 11.3 Å². The van der Waals surface area contributed by atoms with Crippen molar-refractivity contribution in [3.8, 4) is 0 Å². The minimum Gasteiger partial charge on any atom is -0.317 e. The SMILES string of the molecule is Cc1cscc1CN1C(=O)C(C)NC1c1cccc(F)c1. The van der Waals surface area contributed by atoms with E-state index in [4.69, 9.17) is 0 Å². The minimum atomic E-state index is -0.284. The molecule has 0 bridgehead atoms. The van der Waals surface area contributed by atoms with Crippen molar-refractivity contribution in [3.63, 3.8) is 0 Å². The van der Waals surface area contributed by atoms with Crippen molar-refractivity contribution in [1.82, 2.24) is 10.2 Å². The molecule has 0 spiro atoms. The second-order valence-corrected chi connectivity index (χ2v) is 6.14. The maximum Gasteiger partial charge on any atom is 0.241 e. The van der Waals surface area contributed by atoms with Crippen molar-refractivity contribution in [2.75, 3.05) is 0 Å². The van der Waals surface area contributed by atoms with Gasteiger partial charge in [-0.2, -0.15) is 11.3 Å². The fraction of sp³-hybridized carbons (Fsp3) is 0.312. The largest absolute Gasteiger partial charge is 0.317 e. The summed E-state index contributed by atoms with van der Waals surface area (Å²) < 4.78 is 13.5. The fourth-order valence-corrected chi connectivity index (χ4v) is 3.48. The fourth-order valence-electron chi connectivity index (χ4n) is 2.63. The van der Waals surface area contributed by atoms with Crippen molar-refractivity contribution in [2.24, 2.45) is 0 Å². The molecule has 1 fully saturated rings. The zero-order chi connectivity index (χ0) is 15.0. The maximum atomic E-state index is 13.5. The van der Waals surface area contributed by atoms with Crippen molar-refractivity contribution in [1.29, 1.82) is 0 Å². The van der Waals surface area contributed by atoms with Gasteiger partial charge in [0.05, 0.1) is 6.04 Å². The molecule has 2 atom stereocenters. The van der Waals surface area contributed by atoms with Gasteiger partial charge >= 0.3 is 0 Å². The normalized spacial score (nSPS) is 22.0. The first-order chi connectivity index (χ1) is 10.1. The molecule has 110 valence electrons. The number of hydrogen-bond acceptors (Lipinski definition) is 3. The van der Waals surface area contributed by atoms with Gasteiger partial charge in [0.2, 0.25) is 5.91 Å². The third kappa shape index (κ3) is 2.71. The minimum absolute atomic E-state index is 0.0508. The van der Waals surface area contributed by atoms with Crippen LogP contribution in [0.25, 0.3) is 0 Å². The van der Waals surface area contributed by atoms with Crippen LogP contribution in [0.15, 0.2) is 35.0 Å². The van der Waals surface area contributed by atoms with Gasteiger partial charge in [-0.1, -0.05) is 12.1 Å². The molecule has 1 N–H and O–H groups in total. The van der Waals surface area contributed by atoms with E-state index in [9.17, 15) is 9.18 Å². The van der Waals surface area contributed by atoms with E-state index in [1.807, 2.05) is 19.9 Å². The predicted molar refractivity (Wildman–Crippen MR) is 81.3 cm³/mol. The molecule has 1 amide bonds. The van der Waals surface area contributed by atoms with Crippen LogP contribution in [0.1, 0.15) is 29.8 Å². The zero-order valence-electron chi connectivity index (χ0n) is 12.0. The summed E-state index contributed by atoms with van der Waals surface area (Å²) in [7, 11) is 0. The molecule has 0 saturated carbocycles. The Kier molecular flexibility index (Phi) is 3.78. The first-order valence-corrected chi connectivity index (χ1v) is 7.84. The average Bonchev–Trinajstić information content (AvgIpc) is 2.98. The van der Waals surface area contributed by atoms with Gasteiger partial charge in [0, 0.05) is 6.54 Å². The second kappa shape index (κ2) is 5.58. The molecule has 2 unspecified atom stereocenters. The standard InChI is InChI=1S/C16H17FN2OS/c1-10-8-21-9-13(10)7-19-15(18-11(2)16(19)20)12-4-3-5-14(17)6-12/h3-6,8-9,11,15,18H,7H2,1-2H3. The molecule has 3 nitrogen and oxygen atoms in total. The first-order valence-electron chi connectivity index (χ1n) is 6.90. The van der Waals surface area contributed by atoms with Gasteiger partial charge in [0.1, 0.15) is 12.0 Å². The molecular weight excluding hydrogens is 287 g/mol. The van der Waals surface area contributed by atoms with Crippen LogP contribution in [-0.2, 0) is 11.3 Å². The van der Waals surface area contributed by atoms with E-state index in [1.165, 1.54) is 17.7 Å². The summed E-state index contributed by atoms with van der Waals surface area (Å²) in [6, 6.07) is 6.16. The summed E-state index contributed by atoms with van der Waals surface area (Å²) in [5.41, 5.74) is 3.11. The van der Waals surface area contributed by atoms with Gasteiger partial charge in [-0.25, -0.2) is 4.39 Å². The summed E-state index contributed by atoms with van der Waals surface area (Å²) in [6.45, 7) is 4.43. The van der Waals surface area contributed by atoms with E-state index in [0.29, 0.717) is 6.54 Å². The van der Waals surface area contributed by atoms with Crippen molar-refractivity contribution in [3.05, 3.63) is 57.5 Å². The number of nitrogens with one attached hydrogen (secondary N) is 1. The highest BCUT2D eigenvalue weighted by molar-refractivity contribution is 7.08. The number of thiophene rings is 1. The van der Waals surface area contributed by atoms with Gasteiger partial charge in [0.25, 0.3) is 0 Å². The van der Waals surface area contributed by atoms with E-state index in [2.05, 4.69) is 16.1 Å². The molecule has 0 aliphatic carbocycles. The molecule has 1 aromatic carbocycles. The Morgan fingerprint density at radius 2 is 2.19 bits per heavy atom. The summed E-state index contributed by atoms with van der Waals surface area (Å²) in [5.74, 6) is -0.233. The van der Waals surface area contributed by atoms with Gasteiger partial charge in [-0.15, -0.1) is 0 Å². The molecular formula is C16H17FN2OS. The van der Waals surface area contributed by atoms with Crippen LogP contribution in [0.5, 0.6) is 0 Å². The molecule has 21 heavy (non-hydrogen) atoms. The Morgan fingerprint density at radius 1 is 1.38 bits per heavy atom. The Morgan fingerprint density at radius 3 is 2.86 bits per heavy atom. The number of benzene rings is 1. The third-order valence-corrected chi connectivity index (χ3v) is 4.75. The lowest BCUT2D eigenvalue weighted by Crippen LogP contribution is -2.30. The first kappa shape index (κ1) is 14.2. The van der Waals surface area contributed by atoms with Crippen molar-refractivity contribution >= 4 is 17.2 Å². The van der Waals surface area contributed by atoms with E-state index < -0.39 is 0 Å². The number of amides is 1. The number of halogens is 1. The van der Waals surface area contributed by atoms with Crippen LogP contribution in [-0.4, -0.2) is 16.8 Å². The molecule has 1 saturated heterocycles. The van der Waals surface area contributed by atoms with E-state index in [0.717, 1.165) is 11.1 Å². The molecule has 5 heteroatoms. The highest BCUT2D eigenvalue weighted by atomic mass is 32.1. The second-order valence-electron chi connectivity index (χ2n) is 5.39. The van der Waals surface area contributed by atoms with Crippen LogP contribution in [0, 0.1) is 12.7 Å². The number of carbonyl (C=O) groups is 1. The maximum absolute atomic E-state index is 13.5. The van der Waals surface area contributed by atoms with Crippen LogP contribution in [0.4, 0.5) is 4.39 Å². The molecule has 1 aliphatic heterocycles.